The van der Waals surface area contributed by atoms with Crippen LogP contribution in [0, 0.1) is 11.8 Å². The predicted molar refractivity (Wildman–Crippen MR) is 69.6 cm³/mol. The highest BCUT2D eigenvalue weighted by atomic mass is 79.9. The van der Waals surface area contributed by atoms with Crippen molar-refractivity contribution in [2.24, 2.45) is 0 Å². The molecule has 90 valence electrons. The number of carboxylic acids is 1. The number of benzene rings is 1. The number of aliphatic carboxylic acids is 1. The molecule has 0 spiro atoms. The molecule has 0 heterocycles. The van der Waals surface area contributed by atoms with Gasteiger partial charge >= 0.3 is 5.97 Å². The molecule has 0 saturated heterocycles. The number of methoxy groups -OCH3 is 1. The quantitative estimate of drug-likeness (QED) is 0.686. The highest BCUT2D eigenvalue weighted by Crippen LogP contribution is 2.17. The molecule has 0 fully saturated rings. The smallest absolute Gasteiger partial charge is 0.307 e. The molecule has 0 aliphatic rings. The summed E-state index contributed by atoms with van der Waals surface area (Å²) in [5, 5.41) is 9.61. The molecule has 0 amide bonds. The van der Waals surface area contributed by atoms with Crippen LogP contribution in [0.4, 0.5) is 0 Å². The molecule has 1 aromatic carbocycles. The summed E-state index contributed by atoms with van der Waals surface area (Å²) in [6.45, 7) is 0. The Morgan fingerprint density at radius 1 is 1.53 bits per heavy atom. The molecule has 0 unspecified atom stereocenters. The Bertz CT molecular complexity index is 457. The summed E-state index contributed by atoms with van der Waals surface area (Å²) < 4.78 is 5.10. The molecular formula is C13H13BrO3. The fourth-order valence-electron chi connectivity index (χ4n) is 1.32. The fourth-order valence-corrected chi connectivity index (χ4v) is 1.52. The van der Waals surface area contributed by atoms with Crippen molar-refractivity contribution in [3.8, 4) is 17.6 Å². The molecule has 0 atom stereocenters. The Balaban J connectivity index is 3.03. The van der Waals surface area contributed by atoms with Crippen LogP contribution in [0.25, 0.3) is 0 Å². The van der Waals surface area contributed by atoms with Crippen molar-refractivity contribution in [2.45, 2.75) is 12.8 Å². The molecule has 4 heteroatoms. The van der Waals surface area contributed by atoms with Crippen LogP contribution in [0.5, 0.6) is 5.75 Å². The van der Waals surface area contributed by atoms with Gasteiger partial charge in [-0.05, 0) is 17.7 Å². The summed E-state index contributed by atoms with van der Waals surface area (Å²) in [6.07, 6.45) is 0.700. The van der Waals surface area contributed by atoms with Crippen LogP contribution in [-0.4, -0.2) is 23.5 Å². The van der Waals surface area contributed by atoms with E-state index in [1.165, 1.54) is 0 Å². The third-order valence-corrected chi connectivity index (χ3v) is 2.50. The molecular weight excluding hydrogens is 284 g/mol. The van der Waals surface area contributed by atoms with Crippen molar-refractivity contribution in [2.75, 3.05) is 12.4 Å². The van der Waals surface area contributed by atoms with Gasteiger partial charge < -0.3 is 9.84 Å². The van der Waals surface area contributed by atoms with Gasteiger partial charge in [0.2, 0.25) is 0 Å². The van der Waals surface area contributed by atoms with E-state index >= 15 is 0 Å². The van der Waals surface area contributed by atoms with Gasteiger partial charge in [0.05, 0.1) is 13.5 Å². The molecule has 1 N–H and O–H groups in total. The van der Waals surface area contributed by atoms with Crippen LogP contribution in [0.1, 0.15) is 17.5 Å². The minimum atomic E-state index is -0.862. The first-order chi connectivity index (χ1) is 8.17. The number of ether oxygens (including phenoxy) is 1. The maximum absolute atomic E-state index is 10.7. The molecule has 0 radical (unpaired) electrons. The number of hydrogen-bond donors (Lipinski definition) is 1. The largest absolute Gasteiger partial charge is 0.497 e. The van der Waals surface area contributed by atoms with E-state index < -0.39 is 5.97 Å². The van der Waals surface area contributed by atoms with E-state index in [-0.39, 0.29) is 6.42 Å². The lowest BCUT2D eigenvalue weighted by Gasteiger charge is -2.05. The maximum atomic E-state index is 10.7. The molecule has 1 rings (SSSR count). The first kappa shape index (κ1) is 13.6. The van der Waals surface area contributed by atoms with Gasteiger partial charge in [-0.15, -0.1) is 0 Å². The lowest BCUT2D eigenvalue weighted by Crippen LogP contribution is -2.02. The van der Waals surface area contributed by atoms with Crippen molar-refractivity contribution < 1.29 is 14.6 Å². The highest BCUT2D eigenvalue weighted by Gasteiger charge is 2.06. The van der Waals surface area contributed by atoms with Crippen LogP contribution < -0.4 is 4.74 Å². The summed E-state index contributed by atoms with van der Waals surface area (Å²) >= 11 is 3.29. The van der Waals surface area contributed by atoms with E-state index in [0.717, 1.165) is 11.8 Å². The zero-order chi connectivity index (χ0) is 12.7. The Morgan fingerprint density at radius 2 is 2.29 bits per heavy atom. The Morgan fingerprint density at radius 3 is 2.88 bits per heavy atom. The topological polar surface area (TPSA) is 46.5 Å². The van der Waals surface area contributed by atoms with E-state index in [1.54, 1.807) is 25.3 Å². The van der Waals surface area contributed by atoms with Gasteiger partial charge in [0, 0.05) is 17.3 Å². The lowest BCUT2D eigenvalue weighted by atomic mass is 10.0. The van der Waals surface area contributed by atoms with Gasteiger partial charge in [-0.2, -0.15) is 0 Å². The number of halogens is 1. The van der Waals surface area contributed by atoms with Crippen molar-refractivity contribution in [1.29, 1.82) is 0 Å². The predicted octanol–water partition coefficient (Wildman–Crippen LogP) is 2.46. The Labute approximate surface area is 109 Å². The summed E-state index contributed by atoms with van der Waals surface area (Å²) in [5.74, 6) is 5.76. The SMILES string of the molecule is COc1ccc(CC(=O)O)c(C#CCCBr)c1. The molecule has 0 aliphatic heterocycles. The first-order valence-corrected chi connectivity index (χ1v) is 6.23. The van der Waals surface area contributed by atoms with E-state index in [1.807, 2.05) is 0 Å². The number of rotatable bonds is 4. The summed E-state index contributed by atoms with van der Waals surface area (Å²) in [4.78, 5) is 10.7. The van der Waals surface area contributed by atoms with Crippen molar-refractivity contribution in [3.05, 3.63) is 29.3 Å². The fraction of sp³-hybridized carbons (Fsp3) is 0.308. The van der Waals surface area contributed by atoms with E-state index in [4.69, 9.17) is 9.84 Å². The van der Waals surface area contributed by atoms with Crippen LogP contribution >= 0.6 is 15.9 Å². The highest BCUT2D eigenvalue weighted by molar-refractivity contribution is 9.09. The molecule has 0 saturated carbocycles. The zero-order valence-electron chi connectivity index (χ0n) is 9.50. The third-order valence-electron chi connectivity index (χ3n) is 2.10. The van der Waals surface area contributed by atoms with Gasteiger partial charge in [-0.1, -0.05) is 33.8 Å². The number of carboxylic acid groups (broad SMARTS) is 1. The van der Waals surface area contributed by atoms with Crippen molar-refractivity contribution >= 4 is 21.9 Å². The van der Waals surface area contributed by atoms with Crippen LogP contribution in [-0.2, 0) is 11.2 Å². The third kappa shape index (κ3) is 4.49. The average molecular weight is 297 g/mol. The number of hydrogen-bond acceptors (Lipinski definition) is 2. The van der Waals surface area contributed by atoms with E-state index in [2.05, 4.69) is 27.8 Å². The van der Waals surface area contributed by atoms with Gasteiger partial charge in [-0.25, -0.2) is 0 Å². The van der Waals surface area contributed by atoms with Crippen molar-refractivity contribution in [1.82, 2.24) is 0 Å². The number of carbonyl (C=O) groups is 1. The number of alkyl halides is 1. The van der Waals surface area contributed by atoms with Gasteiger partial charge in [0.25, 0.3) is 0 Å². The molecule has 0 bridgehead atoms. The maximum Gasteiger partial charge on any atom is 0.307 e. The molecule has 0 aliphatic carbocycles. The second-order valence-corrected chi connectivity index (χ2v) is 4.13. The summed E-state index contributed by atoms with van der Waals surface area (Å²) in [7, 11) is 1.57. The second kappa shape index (κ2) is 6.97. The second-order valence-electron chi connectivity index (χ2n) is 3.33. The molecule has 3 nitrogen and oxygen atoms in total. The van der Waals surface area contributed by atoms with Gasteiger partial charge in [0.15, 0.2) is 0 Å². The Hall–Kier alpha value is -1.47. The molecule has 17 heavy (non-hydrogen) atoms. The zero-order valence-corrected chi connectivity index (χ0v) is 11.1. The van der Waals surface area contributed by atoms with E-state index in [0.29, 0.717) is 16.9 Å². The van der Waals surface area contributed by atoms with Gasteiger partial charge in [-0.3, -0.25) is 4.79 Å². The normalized spacial score (nSPS) is 9.29. The van der Waals surface area contributed by atoms with Crippen LogP contribution in [0.3, 0.4) is 0 Å². The summed E-state index contributed by atoms with van der Waals surface area (Å²) in [5.41, 5.74) is 1.42. The standard InChI is InChI=1S/C13H13BrO3/c1-17-12-6-5-11(9-13(15)16)10(8-12)4-2-3-7-14/h5-6,8H,3,7,9H2,1H3,(H,15,16). The molecule has 0 aromatic heterocycles. The minimum Gasteiger partial charge on any atom is -0.497 e. The molecule has 1 aromatic rings. The summed E-state index contributed by atoms with van der Waals surface area (Å²) in [6, 6.07) is 5.25. The Kier molecular flexibility index (Phi) is 5.58. The van der Waals surface area contributed by atoms with Crippen molar-refractivity contribution in [3.63, 3.8) is 0 Å². The average Bonchev–Trinajstić information content (AvgIpc) is 2.30. The van der Waals surface area contributed by atoms with E-state index in [9.17, 15) is 4.79 Å². The monoisotopic (exact) mass is 296 g/mol. The van der Waals surface area contributed by atoms with Crippen LogP contribution in [0.15, 0.2) is 18.2 Å². The van der Waals surface area contributed by atoms with Crippen LogP contribution in [0.2, 0.25) is 0 Å². The minimum absolute atomic E-state index is 0.0255. The first-order valence-electron chi connectivity index (χ1n) is 5.11. The lowest BCUT2D eigenvalue weighted by molar-refractivity contribution is -0.136. The van der Waals surface area contributed by atoms with Gasteiger partial charge in [0.1, 0.15) is 5.75 Å².